The zero-order chi connectivity index (χ0) is 22.5. The highest BCUT2D eigenvalue weighted by Crippen LogP contribution is 2.30. The van der Waals surface area contributed by atoms with E-state index in [1.54, 1.807) is 32.0 Å². The van der Waals surface area contributed by atoms with Gasteiger partial charge in [-0.25, -0.2) is 9.59 Å². The number of esters is 2. The lowest BCUT2D eigenvalue weighted by molar-refractivity contribution is -0.116. The van der Waals surface area contributed by atoms with E-state index in [0.29, 0.717) is 30.5 Å². The van der Waals surface area contributed by atoms with Gasteiger partial charge in [-0.15, -0.1) is 0 Å². The van der Waals surface area contributed by atoms with Gasteiger partial charge in [-0.3, -0.25) is 14.9 Å². The quantitative estimate of drug-likeness (QED) is 0.675. The molecule has 0 fully saturated rings. The number of aryl methyl sites for hydroxylation is 2. The number of hydrogen-bond donors (Lipinski definition) is 2. The van der Waals surface area contributed by atoms with E-state index in [0.717, 1.165) is 5.56 Å². The molecule has 3 rings (SSSR count). The minimum absolute atomic E-state index is 0.0624. The average Bonchev–Trinajstić information content (AvgIpc) is 2.92. The van der Waals surface area contributed by atoms with Gasteiger partial charge in [-0.1, -0.05) is 0 Å². The molecule has 1 aromatic carbocycles. The third-order valence-electron chi connectivity index (χ3n) is 4.76. The van der Waals surface area contributed by atoms with Gasteiger partial charge < -0.3 is 19.2 Å². The fourth-order valence-corrected chi connectivity index (χ4v) is 3.37. The number of fused-ring (bicyclic) bond motifs is 1. The third-order valence-corrected chi connectivity index (χ3v) is 4.76. The van der Waals surface area contributed by atoms with Gasteiger partial charge in [0.15, 0.2) is 0 Å². The maximum absolute atomic E-state index is 12.9. The number of hydrogen-bond acceptors (Lipinski definition) is 7. The molecule has 9 heteroatoms. The Morgan fingerprint density at radius 2 is 1.74 bits per heavy atom. The Hall–Kier alpha value is -3.62. The van der Waals surface area contributed by atoms with Crippen LogP contribution in [0, 0.1) is 6.92 Å². The predicted molar refractivity (Wildman–Crippen MR) is 111 cm³/mol. The maximum atomic E-state index is 12.9. The van der Waals surface area contributed by atoms with Crippen LogP contribution in [-0.4, -0.2) is 37.0 Å². The zero-order valence-electron chi connectivity index (χ0n) is 17.6. The molecule has 164 valence electrons. The average molecular weight is 428 g/mol. The lowest BCUT2D eigenvalue weighted by atomic mass is 10.0. The van der Waals surface area contributed by atoms with Crippen LogP contribution in [0.2, 0.25) is 0 Å². The standard InChI is InChI=1S/C22H24N2O7/c1-4-29-21(27)17-12(3)31-20(18(17)22(28)30-5-2)24-19(26)14-9-10-15-13(11-14)7-6-8-16(25)23-15/h9-11H,4-8H2,1-3H3,(H,23,25)(H,24,26). The van der Waals surface area contributed by atoms with Crippen LogP contribution < -0.4 is 10.6 Å². The summed E-state index contributed by atoms with van der Waals surface area (Å²) in [7, 11) is 0. The Labute approximate surface area is 179 Å². The minimum atomic E-state index is -0.803. The van der Waals surface area contributed by atoms with Crippen LogP contribution in [0.5, 0.6) is 0 Å². The van der Waals surface area contributed by atoms with E-state index >= 15 is 0 Å². The van der Waals surface area contributed by atoms with Crippen molar-refractivity contribution in [3.8, 4) is 0 Å². The summed E-state index contributed by atoms with van der Waals surface area (Å²) in [5.41, 5.74) is 1.56. The van der Waals surface area contributed by atoms with E-state index in [1.807, 2.05) is 0 Å². The molecule has 2 heterocycles. The van der Waals surface area contributed by atoms with E-state index < -0.39 is 17.8 Å². The molecule has 1 aliphatic rings. The third kappa shape index (κ3) is 4.76. The van der Waals surface area contributed by atoms with Crippen LogP contribution in [0.4, 0.5) is 11.6 Å². The van der Waals surface area contributed by atoms with Crippen LogP contribution >= 0.6 is 0 Å². The van der Waals surface area contributed by atoms with E-state index in [4.69, 9.17) is 13.9 Å². The van der Waals surface area contributed by atoms with Crippen LogP contribution in [0.3, 0.4) is 0 Å². The Bertz CT molecular complexity index is 1040. The highest BCUT2D eigenvalue weighted by Gasteiger charge is 2.31. The van der Waals surface area contributed by atoms with Crippen molar-refractivity contribution in [3.63, 3.8) is 0 Å². The molecular weight excluding hydrogens is 404 g/mol. The van der Waals surface area contributed by atoms with Crippen molar-refractivity contribution in [3.05, 3.63) is 46.2 Å². The van der Waals surface area contributed by atoms with Gasteiger partial charge in [0, 0.05) is 17.7 Å². The number of ether oxygens (including phenoxy) is 2. The first-order valence-electron chi connectivity index (χ1n) is 10.1. The Morgan fingerprint density at radius 1 is 1.06 bits per heavy atom. The molecule has 0 aliphatic carbocycles. The Balaban J connectivity index is 1.93. The van der Waals surface area contributed by atoms with Gasteiger partial charge in [-0.2, -0.15) is 0 Å². The Kier molecular flexibility index (Phi) is 6.74. The minimum Gasteiger partial charge on any atom is -0.462 e. The van der Waals surface area contributed by atoms with Gasteiger partial charge >= 0.3 is 11.9 Å². The molecule has 0 unspecified atom stereocenters. The zero-order valence-corrected chi connectivity index (χ0v) is 17.6. The SMILES string of the molecule is CCOC(=O)c1c(C)oc(NC(=O)c2ccc3c(c2)CCCC(=O)N3)c1C(=O)OCC. The fraction of sp³-hybridized carbons (Fsp3) is 0.364. The van der Waals surface area contributed by atoms with Crippen LogP contribution in [-0.2, 0) is 20.7 Å². The number of nitrogens with one attached hydrogen (secondary N) is 2. The van der Waals surface area contributed by atoms with Crippen LogP contribution in [0.25, 0.3) is 0 Å². The first-order valence-corrected chi connectivity index (χ1v) is 10.1. The number of anilines is 2. The molecule has 1 aromatic heterocycles. The monoisotopic (exact) mass is 428 g/mol. The number of carbonyl (C=O) groups is 4. The summed E-state index contributed by atoms with van der Waals surface area (Å²) < 4.78 is 15.6. The lowest BCUT2D eigenvalue weighted by Crippen LogP contribution is -2.18. The molecule has 9 nitrogen and oxygen atoms in total. The van der Waals surface area contributed by atoms with Crippen molar-refractivity contribution in [1.82, 2.24) is 0 Å². The second-order valence-corrected chi connectivity index (χ2v) is 6.91. The van der Waals surface area contributed by atoms with Crippen LogP contribution in [0.15, 0.2) is 22.6 Å². The molecule has 0 spiro atoms. The predicted octanol–water partition coefficient (Wildman–Crippen LogP) is 3.47. The normalized spacial score (nSPS) is 12.9. The first-order chi connectivity index (χ1) is 14.8. The molecule has 0 bridgehead atoms. The molecule has 2 aromatic rings. The molecule has 0 atom stereocenters. The van der Waals surface area contributed by atoms with Gasteiger partial charge in [0.25, 0.3) is 5.91 Å². The summed E-state index contributed by atoms with van der Waals surface area (Å²) in [5.74, 6) is -2.20. The maximum Gasteiger partial charge on any atom is 0.344 e. The Morgan fingerprint density at radius 3 is 2.42 bits per heavy atom. The van der Waals surface area contributed by atoms with Crippen LogP contribution in [0.1, 0.15) is 69.1 Å². The summed E-state index contributed by atoms with van der Waals surface area (Å²) in [6.45, 7) is 4.95. The van der Waals surface area contributed by atoms with Crippen molar-refractivity contribution in [1.29, 1.82) is 0 Å². The smallest absolute Gasteiger partial charge is 0.344 e. The van der Waals surface area contributed by atoms with Gasteiger partial charge in [-0.05, 0) is 57.4 Å². The highest BCUT2D eigenvalue weighted by atomic mass is 16.5. The summed E-state index contributed by atoms with van der Waals surface area (Å²) in [4.78, 5) is 49.4. The van der Waals surface area contributed by atoms with Crippen molar-refractivity contribution < 1.29 is 33.1 Å². The first kappa shape index (κ1) is 22.1. The van der Waals surface area contributed by atoms with Gasteiger partial charge in [0.05, 0.1) is 13.2 Å². The largest absolute Gasteiger partial charge is 0.462 e. The van der Waals surface area contributed by atoms with E-state index in [-0.39, 0.29) is 41.9 Å². The highest BCUT2D eigenvalue weighted by molar-refractivity contribution is 6.12. The molecule has 0 saturated carbocycles. The van der Waals surface area contributed by atoms with E-state index in [2.05, 4.69) is 10.6 Å². The van der Waals surface area contributed by atoms with Gasteiger partial charge in [0.1, 0.15) is 16.9 Å². The van der Waals surface area contributed by atoms with Crippen molar-refractivity contribution >= 4 is 35.3 Å². The molecule has 31 heavy (non-hydrogen) atoms. The van der Waals surface area contributed by atoms with E-state index in [1.165, 1.54) is 6.92 Å². The number of benzene rings is 1. The molecular formula is C22H24N2O7. The second kappa shape index (κ2) is 9.46. The van der Waals surface area contributed by atoms with Gasteiger partial charge in [0.2, 0.25) is 11.8 Å². The number of furan rings is 1. The number of carbonyl (C=O) groups excluding carboxylic acids is 4. The summed E-state index contributed by atoms with van der Waals surface area (Å²) in [5, 5.41) is 5.36. The topological polar surface area (TPSA) is 124 Å². The molecule has 0 radical (unpaired) electrons. The van der Waals surface area contributed by atoms with Crippen molar-refractivity contribution in [2.45, 2.75) is 40.0 Å². The number of amides is 2. The molecule has 0 saturated heterocycles. The number of rotatable bonds is 6. The molecule has 2 amide bonds. The summed E-state index contributed by atoms with van der Waals surface area (Å²) in [6.07, 6.45) is 1.74. The van der Waals surface area contributed by atoms with Crippen molar-refractivity contribution in [2.24, 2.45) is 0 Å². The molecule has 2 N–H and O–H groups in total. The fourth-order valence-electron chi connectivity index (χ4n) is 3.37. The summed E-state index contributed by atoms with van der Waals surface area (Å²) >= 11 is 0. The molecule has 1 aliphatic heterocycles. The second-order valence-electron chi connectivity index (χ2n) is 6.91. The van der Waals surface area contributed by atoms with Crippen molar-refractivity contribution in [2.75, 3.05) is 23.8 Å². The summed E-state index contributed by atoms with van der Waals surface area (Å²) in [6, 6.07) is 4.91. The van der Waals surface area contributed by atoms with E-state index in [9.17, 15) is 19.2 Å². The lowest BCUT2D eigenvalue weighted by Gasteiger charge is -2.10.